The number of aromatic nitrogens is 1. The minimum atomic E-state index is -1.27. The summed E-state index contributed by atoms with van der Waals surface area (Å²) in [5.41, 5.74) is 8.28. The molecule has 0 saturated heterocycles. The molecule has 10 heteroatoms. The molecule has 2 aromatic rings. The van der Waals surface area contributed by atoms with Gasteiger partial charge in [-0.2, -0.15) is 0 Å². The fourth-order valence-corrected chi connectivity index (χ4v) is 5.15. The predicted molar refractivity (Wildman–Crippen MR) is 136 cm³/mol. The maximum absolute atomic E-state index is 13.1. The van der Waals surface area contributed by atoms with Crippen molar-refractivity contribution in [2.45, 2.75) is 76.5 Å². The van der Waals surface area contributed by atoms with E-state index in [1.165, 1.54) is 0 Å². The summed E-state index contributed by atoms with van der Waals surface area (Å²) in [7, 11) is 0. The summed E-state index contributed by atoms with van der Waals surface area (Å²) >= 11 is 0. The second kappa shape index (κ2) is 10.6. The molecule has 4 amide bonds. The Bertz CT molecular complexity index is 1200. The predicted octanol–water partition coefficient (Wildman–Crippen LogP) is 2.60. The Hall–Kier alpha value is -3.95. The number of rotatable bonds is 8. The summed E-state index contributed by atoms with van der Waals surface area (Å²) in [5, 5.41) is 14.3. The standard InChI is InChI=1S/C27H33N5O5/c1-16(2)32-15-20-13-19(14-29-22(20)24(32)34)18-8-6-17(7-9-18)12-21(23(28)33)30-25(35)27(31-26(36)37)10-4-3-5-11-27/h6-9,13-14,16,21,31H,3-5,10-12,15H2,1-2H3,(H2,28,33)(H,30,35)(H,36,37). The van der Waals surface area contributed by atoms with Crippen molar-refractivity contribution in [2.75, 3.05) is 0 Å². The summed E-state index contributed by atoms with van der Waals surface area (Å²) < 4.78 is 0. The summed E-state index contributed by atoms with van der Waals surface area (Å²) in [5.74, 6) is -1.27. The van der Waals surface area contributed by atoms with Crippen LogP contribution in [-0.4, -0.2) is 56.4 Å². The van der Waals surface area contributed by atoms with E-state index in [0.29, 0.717) is 25.1 Å². The lowest BCUT2D eigenvalue weighted by Gasteiger charge is -2.36. The van der Waals surface area contributed by atoms with E-state index >= 15 is 0 Å². The van der Waals surface area contributed by atoms with Gasteiger partial charge in [0.05, 0.1) is 0 Å². The summed E-state index contributed by atoms with van der Waals surface area (Å²) in [6.45, 7) is 4.48. The fourth-order valence-electron chi connectivity index (χ4n) is 5.15. The van der Waals surface area contributed by atoms with E-state index in [-0.39, 0.29) is 18.4 Å². The van der Waals surface area contributed by atoms with Gasteiger partial charge in [-0.1, -0.05) is 43.5 Å². The zero-order valence-corrected chi connectivity index (χ0v) is 21.1. The Morgan fingerprint density at radius 2 is 1.78 bits per heavy atom. The Morgan fingerprint density at radius 1 is 1.11 bits per heavy atom. The molecule has 1 aromatic heterocycles. The van der Waals surface area contributed by atoms with E-state index < -0.39 is 29.5 Å². The first-order valence-corrected chi connectivity index (χ1v) is 12.6. The molecule has 0 radical (unpaired) electrons. The van der Waals surface area contributed by atoms with Crippen molar-refractivity contribution >= 4 is 23.8 Å². The molecular formula is C27H33N5O5. The van der Waals surface area contributed by atoms with Crippen LogP contribution in [0.2, 0.25) is 0 Å². The van der Waals surface area contributed by atoms with Gasteiger partial charge in [0, 0.05) is 36.3 Å². The Morgan fingerprint density at radius 3 is 2.38 bits per heavy atom. The molecule has 0 bridgehead atoms. The third-order valence-corrected chi connectivity index (χ3v) is 7.26. The molecule has 37 heavy (non-hydrogen) atoms. The van der Waals surface area contributed by atoms with E-state index in [1.807, 2.05) is 44.2 Å². The van der Waals surface area contributed by atoms with E-state index in [0.717, 1.165) is 41.5 Å². The summed E-state index contributed by atoms with van der Waals surface area (Å²) in [6, 6.07) is 8.57. The Kier molecular flexibility index (Phi) is 7.47. The lowest BCUT2D eigenvalue weighted by atomic mass is 9.80. The van der Waals surface area contributed by atoms with E-state index in [1.54, 1.807) is 11.1 Å². The molecule has 1 aliphatic heterocycles. The molecule has 10 nitrogen and oxygen atoms in total. The SMILES string of the molecule is CC(C)N1Cc2cc(-c3ccc(CC(NC(=O)C4(NC(=O)O)CCCCC4)C(N)=O)cc3)cnc2C1=O. The van der Waals surface area contributed by atoms with Crippen molar-refractivity contribution in [3.63, 3.8) is 0 Å². The van der Waals surface area contributed by atoms with E-state index in [9.17, 15) is 24.3 Å². The van der Waals surface area contributed by atoms with E-state index in [2.05, 4.69) is 15.6 Å². The molecule has 1 saturated carbocycles. The lowest BCUT2D eigenvalue weighted by Crippen LogP contribution is -2.62. The summed E-state index contributed by atoms with van der Waals surface area (Å²) in [6.07, 6.45) is 3.70. The average Bonchev–Trinajstić information content (AvgIpc) is 3.20. The second-order valence-corrected chi connectivity index (χ2v) is 10.2. The molecule has 2 heterocycles. The number of nitrogens with zero attached hydrogens (tertiary/aromatic N) is 2. The van der Waals surface area contributed by atoms with Gasteiger partial charge < -0.3 is 26.4 Å². The zero-order valence-electron chi connectivity index (χ0n) is 21.1. The molecular weight excluding hydrogens is 474 g/mol. The van der Waals surface area contributed by atoms with Crippen LogP contribution in [0.3, 0.4) is 0 Å². The number of carbonyl (C=O) groups excluding carboxylic acids is 3. The van der Waals surface area contributed by atoms with Crippen LogP contribution in [-0.2, 0) is 22.6 Å². The molecule has 1 atom stereocenters. The largest absolute Gasteiger partial charge is 0.465 e. The number of carboxylic acid groups (broad SMARTS) is 1. The Labute approximate surface area is 215 Å². The van der Waals surface area contributed by atoms with E-state index in [4.69, 9.17) is 5.73 Å². The van der Waals surface area contributed by atoms with Gasteiger partial charge in [-0.25, -0.2) is 4.79 Å². The topological polar surface area (TPSA) is 155 Å². The second-order valence-electron chi connectivity index (χ2n) is 10.2. The van der Waals surface area contributed by atoms with Gasteiger partial charge in [0.2, 0.25) is 11.8 Å². The molecule has 5 N–H and O–H groups in total. The number of benzene rings is 1. The van der Waals surface area contributed by atoms with Crippen LogP contribution in [0.25, 0.3) is 11.1 Å². The molecule has 1 fully saturated rings. The van der Waals surface area contributed by atoms with Crippen LogP contribution < -0.4 is 16.4 Å². The minimum Gasteiger partial charge on any atom is -0.465 e. The number of primary amides is 1. The molecule has 1 aromatic carbocycles. The van der Waals surface area contributed by atoms with Gasteiger partial charge in [-0.3, -0.25) is 19.4 Å². The number of fused-ring (bicyclic) bond motifs is 1. The lowest BCUT2D eigenvalue weighted by molar-refractivity contribution is -0.132. The van der Waals surface area contributed by atoms with Crippen molar-refractivity contribution in [3.05, 3.63) is 53.3 Å². The third kappa shape index (κ3) is 5.58. The fraction of sp³-hybridized carbons (Fsp3) is 0.444. The van der Waals surface area contributed by atoms with Gasteiger partial charge in [0.15, 0.2) is 0 Å². The first-order valence-electron chi connectivity index (χ1n) is 12.6. The highest BCUT2D eigenvalue weighted by molar-refractivity contribution is 5.97. The quantitative estimate of drug-likeness (QED) is 0.431. The number of amides is 4. The van der Waals surface area contributed by atoms with Crippen LogP contribution >= 0.6 is 0 Å². The van der Waals surface area contributed by atoms with Crippen LogP contribution in [0, 0.1) is 0 Å². The highest BCUT2D eigenvalue weighted by atomic mass is 16.4. The number of nitrogens with one attached hydrogen (secondary N) is 2. The van der Waals surface area contributed by atoms with Crippen LogP contribution in [0.15, 0.2) is 36.5 Å². The van der Waals surface area contributed by atoms with Crippen molar-refractivity contribution in [3.8, 4) is 11.1 Å². The molecule has 0 spiro atoms. The van der Waals surface area contributed by atoms with Gasteiger partial charge in [-0.15, -0.1) is 0 Å². The van der Waals surface area contributed by atoms with Gasteiger partial charge in [0.1, 0.15) is 17.3 Å². The molecule has 4 rings (SSSR count). The summed E-state index contributed by atoms with van der Waals surface area (Å²) in [4.78, 5) is 55.3. The molecule has 1 unspecified atom stereocenters. The minimum absolute atomic E-state index is 0.0556. The van der Waals surface area contributed by atoms with Crippen LogP contribution in [0.4, 0.5) is 4.79 Å². The molecule has 1 aliphatic carbocycles. The maximum atomic E-state index is 13.1. The van der Waals surface area contributed by atoms with Crippen molar-refractivity contribution in [1.29, 1.82) is 0 Å². The molecule has 2 aliphatic rings. The highest BCUT2D eigenvalue weighted by Gasteiger charge is 2.42. The first kappa shape index (κ1) is 26.1. The van der Waals surface area contributed by atoms with Crippen LogP contribution in [0.1, 0.15) is 67.6 Å². The molecule has 196 valence electrons. The maximum Gasteiger partial charge on any atom is 0.405 e. The average molecular weight is 508 g/mol. The first-order chi connectivity index (χ1) is 17.6. The Balaban J connectivity index is 1.46. The number of pyridine rings is 1. The normalized spacial score (nSPS) is 17.3. The van der Waals surface area contributed by atoms with Crippen molar-refractivity contribution < 1.29 is 24.3 Å². The van der Waals surface area contributed by atoms with Crippen LogP contribution in [0.5, 0.6) is 0 Å². The number of nitrogens with two attached hydrogens (primary N) is 1. The third-order valence-electron chi connectivity index (χ3n) is 7.26. The smallest absolute Gasteiger partial charge is 0.405 e. The number of carbonyl (C=O) groups is 4. The van der Waals surface area contributed by atoms with Gasteiger partial charge in [-0.05, 0) is 43.9 Å². The zero-order chi connectivity index (χ0) is 26.7. The van der Waals surface area contributed by atoms with Gasteiger partial charge >= 0.3 is 6.09 Å². The highest BCUT2D eigenvalue weighted by Crippen LogP contribution is 2.30. The monoisotopic (exact) mass is 507 g/mol. The van der Waals surface area contributed by atoms with Crippen molar-refractivity contribution in [2.24, 2.45) is 5.73 Å². The van der Waals surface area contributed by atoms with Crippen molar-refractivity contribution in [1.82, 2.24) is 20.5 Å². The van der Waals surface area contributed by atoms with Gasteiger partial charge in [0.25, 0.3) is 5.91 Å². The number of hydrogen-bond acceptors (Lipinski definition) is 5. The number of hydrogen-bond donors (Lipinski definition) is 4.